The van der Waals surface area contributed by atoms with Gasteiger partial charge in [-0.25, -0.2) is 0 Å². The van der Waals surface area contributed by atoms with Gasteiger partial charge in [0.05, 0.1) is 0 Å². The summed E-state index contributed by atoms with van der Waals surface area (Å²) < 4.78 is 4.88. The van der Waals surface area contributed by atoms with E-state index in [0.29, 0.717) is 17.1 Å². The molecule has 0 fully saturated rings. The van der Waals surface area contributed by atoms with Crippen LogP contribution in [0.3, 0.4) is 0 Å². The Morgan fingerprint density at radius 3 is 2.29 bits per heavy atom. The lowest BCUT2D eigenvalue weighted by atomic mass is 9.86. The van der Waals surface area contributed by atoms with Crippen LogP contribution >= 0.6 is 0 Å². The van der Waals surface area contributed by atoms with Gasteiger partial charge in [-0.05, 0) is 37.0 Å². The lowest BCUT2D eigenvalue weighted by Gasteiger charge is -2.19. The summed E-state index contributed by atoms with van der Waals surface area (Å²) in [6, 6.07) is 8.30. The molecule has 0 saturated carbocycles. The van der Waals surface area contributed by atoms with Crippen LogP contribution in [0.15, 0.2) is 34.9 Å². The Hall–Kier alpha value is -2.63. The number of benzene rings is 1. The van der Waals surface area contributed by atoms with Gasteiger partial charge in [-0.1, -0.05) is 38.1 Å². The zero-order chi connectivity index (χ0) is 17.9. The van der Waals surface area contributed by atoms with E-state index in [4.69, 9.17) is 4.52 Å². The summed E-state index contributed by atoms with van der Waals surface area (Å²) in [6.07, 6.45) is 0. The van der Waals surface area contributed by atoms with Crippen LogP contribution in [0, 0.1) is 6.92 Å². The molecule has 1 aromatic heterocycles. The smallest absolute Gasteiger partial charge is 0.251 e. The van der Waals surface area contributed by atoms with Crippen LogP contribution in [0.4, 0.5) is 5.82 Å². The zero-order valence-electron chi connectivity index (χ0n) is 14.6. The van der Waals surface area contributed by atoms with Gasteiger partial charge < -0.3 is 15.2 Å². The van der Waals surface area contributed by atoms with E-state index in [1.165, 1.54) is 0 Å². The first-order chi connectivity index (χ1) is 11.2. The van der Waals surface area contributed by atoms with Crippen LogP contribution in [0.25, 0.3) is 0 Å². The molecule has 0 saturated heterocycles. The van der Waals surface area contributed by atoms with Crippen LogP contribution < -0.4 is 10.6 Å². The van der Waals surface area contributed by atoms with Crippen molar-refractivity contribution in [2.24, 2.45) is 0 Å². The van der Waals surface area contributed by atoms with E-state index in [1.54, 1.807) is 32.0 Å². The minimum atomic E-state index is -0.697. The fourth-order valence-corrected chi connectivity index (χ4v) is 2.13. The summed E-state index contributed by atoms with van der Waals surface area (Å²) in [4.78, 5) is 24.3. The molecule has 1 atom stereocenters. The van der Waals surface area contributed by atoms with E-state index >= 15 is 0 Å². The Morgan fingerprint density at radius 2 is 1.79 bits per heavy atom. The van der Waals surface area contributed by atoms with Crippen molar-refractivity contribution < 1.29 is 14.1 Å². The highest BCUT2D eigenvalue weighted by molar-refractivity contribution is 6.00. The molecule has 2 aromatic rings. The van der Waals surface area contributed by atoms with Crippen LogP contribution in [0.5, 0.6) is 0 Å². The molecule has 0 bridgehead atoms. The summed E-state index contributed by atoms with van der Waals surface area (Å²) in [5, 5.41) is 8.95. The maximum Gasteiger partial charge on any atom is 0.251 e. The normalized spacial score (nSPS) is 12.5. The van der Waals surface area contributed by atoms with Crippen molar-refractivity contribution in [1.82, 2.24) is 10.5 Å². The molecule has 0 aliphatic rings. The summed E-state index contributed by atoms with van der Waals surface area (Å²) in [5.41, 5.74) is 1.68. The Balaban J connectivity index is 1.96. The molecule has 6 nitrogen and oxygen atoms in total. The lowest BCUT2D eigenvalue weighted by Crippen LogP contribution is -2.41. The van der Waals surface area contributed by atoms with Gasteiger partial charge in [0.2, 0.25) is 5.91 Å². The van der Waals surface area contributed by atoms with Crippen molar-refractivity contribution >= 4 is 17.6 Å². The number of aromatic nitrogens is 1. The summed E-state index contributed by atoms with van der Waals surface area (Å²) in [5.74, 6) is 0.270. The SMILES string of the molecule is Cc1cc(NC(=O)[C@@H](C)NC(=O)c2ccc(C(C)(C)C)cc2)no1. The molecule has 2 N–H and O–H groups in total. The summed E-state index contributed by atoms with van der Waals surface area (Å²) in [7, 11) is 0. The number of aryl methyl sites for hydroxylation is 1. The third kappa shape index (κ3) is 4.44. The number of carbonyl (C=O) groups excluding carboxylic acids is 2. The molecule has 0 radical (unpaired) electrons. The minimum absolute atomic E-state index is 0.0257. The van der Waals surface area contributed by atoms with Crippen molar-refractivity contribution in [3.05, 3.63) is 47.2 Å². The Bertz CT molecular complexity index is 727. The van der Waals surface area contributed by atoms with Gasteiger partial charge in [-0.3, -0.25) is 9.59 Å². The van der Waals surface area contributed by atoms with Gasteiger partial charge in [0, 0.05) is 11.6 Å². The zero-order valence-corrected chi connectivity index (χ0v) is 14.6. The second kappa shape index (κ2) is 6.86. The van der Waals surface area contributed by atoms with E-state index in [2.05, 4.69) is 36.6 Å². The molecule has 24 heavy (non-hydrogen) atoms. The summed E-state index contributed by atoms with van der Waals surface area (Å²) >= 11 is 0. The van der Waals surface area contributed by atoms with E-state index in [9.17, 15) is 9.59 Å². The molecule has 0 spiro atoms. The predicted molar refractivity (Wildman–Crippen MR) is 91.9 cm³/mol. The number of hydrogen-bond donors (Lipinski definition) is 2. The number of nitrogens with zero attached hydrogens (tertiary/aromatic N) is 1. The number of hydrogen-bond acceptors (Lipinski definition) is 4. The van der Waals surface area contributed by atoms with Gasteiger partial charge in [0.25, 0.3) is 5.91 Å². The first-order valence-electron chi connectivity index (χ1n) is 7.82. The number of amides is 2. The minimum Gasteiger partial charge on any atom is -0.360 e. The van der Waals surface area contributed by atoms with Crippen molar-refractivity contribution in [3.63, 3.8) is 0 Å². The van der Waals surface area contributed by atoms with Crippen LogP contribution in [0.1, 0.15) is 49.4 Å². The molecule has 0 aliphatic carbocycles. The fourth-order valence-electron chi connectivity index (χ4n) is 2.13. The Kier molecular flexibility index (Phi) is 5.07. The van der Waals surface area contributed by atoms with Gasteiger partial charge >= 0.3 is 0 Å². The van der Waals surface area contributed by atoms with Crippen LogP contribution in [-0.2, 0) is 10.2 Å². The number of carbonyl (C=O) groups is 2. The van der Waals surface area contributed by atoms with Crippen LogP contribution in [0.2, 0.25) is 0 Å². The molecule has 2 rings (SSSR count). The average molecular weight is 329 g/mol. The number of nitrogens with one attached hydrogen (secondary N) is 2. The van der Waals surface area contributed by atoms with Crippen molar-refractivity contribution in [3.8, 4) is 0 Å². The molecular formula is C18H23N3O3. The summed E-state index contributed by atoms with van der Waals surface area (Å²) in [6.45, 7) is 9.68. The quantitative estimate of drug-likeness (QED) is 0.903. The molecule has 0 unspecified atom stereocenters. The number of rotatable bonds is 4. The highest BCUT2D eigenvalue weighted by Crippen LogP contribution is 2.22. The van der Waals surface area contributed by atoms with E-state index in [0.717, 1.165) is 5.56 Å². The van der Waals surface area contributed by atoms with Crippen molar-refractivity contribution in [2.75, 3.05) is 5.32 Å². The van der Waals surface area contributed by atoms with Crippen molar-refractivity contribution in [1.29, 1.82) is 0 Å². The maximum atomic E-state index is 12.3. The van der Waals surface area contributed by atoms with E-state index in [-0.39, 0.29) is 17.2 Å². The number of anilines is 1. The molecule has 0 aliphatic heterocycles. The molecular weight excluding hydrogens is 306 g/mol. The van der Waals surface area contributed by atoms with E-state index < -0.39 is 6.04 Å². The first-order valence-corrected chi connectivity index (χ1v) is 7.82. The van der Waals surface area contributed by atoms with Gasteiger partial charge in [-0.2, -0.15) is 0 Å². The van der Waals surface area contributed by atoms with Gasteiger partial charge in [-0.15, -0.1) is 0 Å². The van der Waals surface area contributed by atoms with Crippen molar-refractivity contribution in [2.45, 2.75) is 46.1 Å². The molecule has 1 heterocycles. The topological polar surface area (TPSA) is 84.2 Å². The molecule has 128 valence electrons. The highest BCUT2D eigenvalue weighted by Gasteiger charge is 2.19. The second-order valence-corrected chi connectivity index (χ2v) is 6.83. The van der Waals surface area contributed by atoms with Gasteiger partial charge in [0.15, 0.2) is 5.82 Å². The van der Waals surface area contributed by atoms with Crippen LogP contribution in [-0.4, -0.2) is 23.0 Å². The largest absolute Gasteiger partial charge is 0.360 e. The average Bonchev–Trinajstić information content (AvgIpc) is 2.91. The molecule has 2 amide bonds. The molecule has 1 aromatic carbocycles. The monoisotopic (exact) mass is 329 g/mol. The molecule has 6 heteroatoms. The Morgan fingerprint density at radius 1 is 1.17 bits per heavy atom. The third-order valence-electron chi connectivity index (χ3n) is 3.63. The highest BCUT2D eigenvalue weighted by atomic mass is 16.5. The third-order valence-corrected chi connectivity index (χ3v) is 3.63. The van der Waals surface area contributed by atoms with E-state index in [1.807, 2.05) is 12.1 Å². The lowest BCUT2D eigenvalue weighted by molar-refractivity contribution is -0.117. The van der Waals surface area contributed by atoms with Gasteiger partial charge in [0.1, 0.15) is 11.8 Å². The second-order valence-electron chi connectivity index (χ2n) is 6.83. The first kappa shape index (κ1) is 17.7. The fraction of sp³-hybridized carbons (Fsp3) is 0.389. The standard InChI is InChI=1S/C18H23N3O3/c1-11-10-15(21-24-11)20-16(22)12(2)19-17(23)13-6-8-14(9-7-13)18(3,4)5/h6-10,12H,1-5H3,(H,19,23)(H,20,21,22)/t12-/m1/s1. The Labute approximate surface area is 141 Å². The predicted octanol–water partition coefficient (Wildman–Crippen LogP) is 3.04. The maximum absolute atomic E-state index is 12.3.